The van der Waals surface area contributed by atoms with E-state index >= 15 is 0 Å². The summed E-state index contributed by atoms with van der Waals surface area (Å²) in [7, 11) is -2.56. The van der Waals surface area contributed by atoms with E-state index in [1.54, 1.807) is 25.8 Å². The van der Waals surface area contributed by atoms with E-state index in [-0.39, 0.29) is 47.0 Å². The van der Waals surface area contributed by atoms with Crippen molar-refractivity contribution in [1.29, 1.82) is 0 Å². The number of nitrogens with zero attached hydrogens (tertiary/aromatic N) is 3. The summed E-state index contributed by atoms with van der Waals surface area (Å²) in [5.41, 5.74) is 0.943. The summed E-state index contributed by atoms with van der Waals surface area (Å²) in [6.07, 6.45) is 2.99. The van der Waals surface area contributed by atoms with Gasteiger partial charge in [0.15, 0.2) is 23.5 Å². The van der Waals surface area contributed by atoms with Crippen molar-refractivity contribution in [1.82, 2.24) is 19.2 Å². The predicted octanol–water partition coefficient (Wildman–Crippen LogP) is 2.22. The first-order chi connectivity index (χ1) is 17.5. The van der Waals surface area contributed by atoms with Crippen molar-refractivity contribution in [3.05, 3.63) is 59.3 Å². The summed E-state index contributed by atoms with van der Waals surface area (Å²) in [5, 5.41) is 2.68. The molecule has 2 aromatic heterocycles. The van der Waals surface area contributed by atoms with Crippen LogP contribution in [0.15, 0.2) is 40.1 Å². The number of halogens is 1. The van der Waals surface area contributed by atoms with Gasteiger partial charge in [-0.1, -0.05) is 0 Å². The van der Waals surface area contributed by atoms with Crippen molar-refractivity contribution in [2.24, 2.45) is 13.0 Å². The Morgan fingerprint density at radius 1 is 1.27 bits per heavy atom. The highest BCUT2D eigenvalue weighted by Crippen LogP contribution is 2.35. The minimum Gasteiger partial charge on any atom is -0.489 e. The summed E-state index contributed by atoms with van der Waals surface area (Å²) in [6, 6.07) is 3.56. The number of rotatable bonds is 3. The number of piperidine rings is 1. The van der Waals surface area contributed by atoms with Gasteiger partial charge in [0.2, 0.25) is 10.0 Å². The zero-order chi connectivity index (χ0) is 26.5. The summed E-state index contributed by atoms with van der Waals surface area (Å²) >= 11 is 0. The van der Waals surface area contributed by atoms with Crippen molar-refractivity contribution in [2.45, 2.75) is 31.2 Å². The molecule has 2 atom stereocenters. The Labute approximate surface area is 212 Å². The number of fused-ring (bicyclic) bond motifs is 2. The second-order valence-corrected chi connectivity index (χ2v) is 11.0. The first-order valence-electron chi connectivity index (χ1n) is 11.7. The molecule has 2 amide bonds. The molecule has 0 spiro atoms. The normalized spacial score (nSPS) is 20.7. The van der Waals surface area contributed by atoms with E-state index in [1.165, 1.54) is 35.4 Å². The van der Waals surface area contributed by atoms with E-state index < -0.39 is 27.8 Å². The summed E-state index contributed by atoms with van der Waals surface area (Å²) < 4.78 is 55.6. The van der Waals surface area contributed by atoms with E-state index in [0.717, 1.165) is 0 Å². The van der Waals surface area contributed by atoms with Crippen molar-refractivity contribution in [3.63, 3.8) is 0 Å². The van der Waals surface area contributed by atoms with Gasteiger partial charge in [0, 0.05) is 44.0 Å². The number of anilines is 1. The van der Waals surface area contributed by atoms with Crippen LogP contribution in [0.2, 0.25) is 0 Å². The highest BCUT2D eigenvalue weighted by Gasteiger charge is 2.40. The Balaban J connectivity index is 1.40. The highest BCUT2D eigenvalue weighted by molar-refractivity contribution is 7.89. The number of aryl methyl sites for hydroxylation is 3. The van der Waals surface area contributed by atoms with E-state index in [9.17, 15) is 22.4 Å². The van der Waals surface area contributed by atoms with Gasteiger partial charge in [-0.05, 0) is 44.0 Å². The van der Waals surface area contributed by atoms with Gasteiger partial charge in [-0.2, -0.15) is 0 Å². The number of hydrogen-bond acceptors (Lipinski definition) is 7. The minimum atomic E-state index is -4.10. The molecule has 2 aliphatic rings. The lowest BCUT2D eigenvalue weighted by Gasteiger charge is -2.39. The number of benzene rings is 1. The summed E-state index contributed by atoms with van der Waals surface area (Å²) in [6.45, 7) is 3.88. The number of hydrogen-bond donors (Lipinski definition) is 2. The maximum Gasteiger partial charge on any atom is 0.276 e. The van der Waals surface area contributed by atoms with Crippen molar-refractivity contribution in [2.75, 3.05) is 25.0 Å². The molecule has 1 saturated heterocycles. The average Bonchev–Trinajstić information content (AvgIpc) is 3.42. The molecule has 4 heterocycles. The third-order valence-electron chi connectivity index (χ3n) is 6.76. The number of amides is 2. The topological polar surface area (TPSA) is 136 Å². The first-order valence-corrected chi connectivity index (χ1v) is 13.1. The zero-order valence-electron chi connectivity index (χ0n) is 20.4. The summed E-state index contributed by atoms with van der Waals surface area (Å²) in [5.74, 6) is -1.22. The van der Waals surface area contributed by atoms with Crippen LogP contribution in [0.4, 0.5) is 10.1 Å². The molecule has 37 heavy (non-hydrogen) atoms. The number of carbonyl (C=O) groups excluding carboxylic acids is 2. The third kappa shape index (κ3) is 4.60. The number of nitrogens with one attached hydrogen (secondary N) is 2. The van der Waals surface area contributed by atoms with Crippen LogP contribution >= 0.6 is 0 Å². The molecule has 5 rings (SSSR count). The standard InChI is InChI=1S/C24H26FN5O6S/c1-13-8-16(4-5-17(13)25)27-23(31)21-22-19(10-29(21)3)37(33,34)28-18-9-30(7-6-15(18)11-35-22)24(32)20-14(2)36-12-26-20/h4-5,8,10,12,15,18,28H,6-7,9,11H2,1-3H3,(H,27,31). The van der Waals surface area contributed by atoms with Crippen LogP contribution < -0.4 is 14.8 Å². The minimum absolute atomic E-state index is 0.0231. The SMILES string of the molecule is Cc1cc(NC(=O)c2c3c(cn2C)S(=O)(=O)NC2CN(C(=O)c4ncoc4C)CCC2CO3)ccc1F. The fourth-order valence-corrected chi connectivity index (χ4v) is 6.20. The number of aromatic nitrogens is 2. The lowest BCUT2D eigenvalue weighted by Crippen LogP contribution is -2.56. The molecular weight excluding hydrogens is 505 g/mol. The molecule has 0 saturated carbocycles. The number of carbonyl (C=O) groups is 2. The molecule has 13 heteroatoms. The largest absolute Gasteiger partial charge is 0.489 e. The second-order valence-electron chi connectivity index (χ2n) is 9.30. The molecular formula is C24H26FN5O6S. The Morgan fingerprint density at radius 2 is 2.05 bits per heavy atom. The molecule has 1 fully saturated rings. The number of sulfonamides is 1. The second kappa shape index (κ2) is 9.30. The Morgan fingerprint density at radius 3 is 2.76 bits per heavy atom. The molecule has 1 aromatic carbocycles. The Bertz CT molecular complexity index is 1500. The van der Waals surface area contributed by atoms with Crippen LogP contribution in [-0.4, -0.2) is 60.4 Å². The average molecular weight is 532 g/mol. The fourth-order valence-electron chi connectivity index (χ4n) is 4.71. The molecule has 3 aromatic rings. The van der Waals surface area contributed by atoms with Gasteiger partial charge in [0.1, 0.15) is 16.5 Å². The van der Waals surface area contributed by atoms with Gasteiger partial charge in [0.25, 0.3) is 11.8 Å². The quantitative estimate of drug-likeness (QED) is 0.529. The van der Waals surface area contributed by atoms with Gasteiger partial charge in [0.05, 0.1) is 6.61 Å². The number of likely N-dealkylation sites (tertiary alicyclic amines) is 1. The monoisotopic (exact) mass is 531 g/mol. The lowest BCUT2D eigenvalue weighted by atomic mass is 9.92. The Hall–Kier alpha value is -3.71. The van der Waals surface area contributed by atoms with Crippen LogP contribution in [0.5, 0.6) is 5.75 Å². The van der Waals surface area contributed by atoms with E-state index in [2.05, 4.69) is 15.0 Å². The summed E-state index contributed by atoms with van der Waals surface area (Å²) in [4.78, 5) is 31.4. The van der Waals surface area contributed by atoms with Crippen LogP contribution in [0.3, 0.4) is 0 Å². The van der Waals surface area contributed by atoms with Crippen LogP contribution in [0, 0.1) is 25.6 Å². The third-order valence-corrected chi connectivity index (χ3v) is 8.24. The smallest absolute Gasteiger partial charge is 0.276 e. The predicted molar refractivity (Wildman–Crippen MR) is 129 cm³/mol. The van der Waals surface area contributed by atoms with Gasteiger partial charge in [-0.15, -0.1) is 0 Å². The molecule has 2 N–H and O–H groups in total. The van der Waals surface area contributed by atoms with E-state index in [4.69, 9.17) is 9.15 Å². The van der Waals surface area contributed by atoms with Crippen molar-refractivity contribution in [3.8, 4) is 5.75 Å². The molecule has 0 aliphatic carbocycles. The van der Waals surface area contributed by atoms with Gasteiger partial charge in [-0.25, -0.2) is 22.5 Å². The molecule has 2 unspecified atom stereocenters. The van der Waals surface area contributed by atoms with Gasteiger partial charge in [-0.3, -0.25) is 9.59 Å². The number of ether oxygens (including phenoxy) is 1. The van der Waals surface area contributed by atoms with Crippen LogP contribution in [0.1, 0.15) is 38.7 Å². The molecule has 11 nitrogen and oxygen atoms in total. The van der Waals surface area contributed by atoms with Gasteiger partial charge < -0.3 is 23.9 Å². The van der Waals surface area contributed by atoms with E-state index in [1.807, 2.05) is 0 Å². The Kier molecular flexibility index (Phi) is 6.28. The fraction of sp³-hybridized carbons (Fsp3) is 0.375. The van der Waals surface area contributed by atoms with Crippen molar-refractivity contribution < 1.29 is 31.6 Å². The molecule has 196 valence electrons. The lowest BCUT2D eigenvalue weighted by molar-refractivity contribution is 0.0593. The first kappa shape index (κ1) is 25.0. The molecule has 0 radical (unpaired) electrons. The zero-order valence-corrected chi connectivity index (χ0v) is 21.3. The van der Waals surface area contributed by atoms with Gasteiger partial charge >= 0.3 is 0 Å². The highest BCUT2D eigenvalue weighted by atomic mass is 32.2. The molecule has 0 bridgehead atoms. The number of oxazole rings is 1. The maximum absolute atomic E-state index is 13.6. The van der Waals surface area contributed by atoms with Crippen molar-refractivity contribution >= 4 is 27.5 Å². The van der Waals surface area contributed by atoms with Crippen LogP contribution in [-0.2, 0) is 17.1 Å². The molecule has 2 aliphatic heterocycles. The van der Waals surface area contributed by atoms with E-state index in [0.29, 0.717) is 30.0 Å². The maximum atomic E-state index is 13.6. The van der Waals surface area contributed by atoms with Crippen LogP contribution in [0.25, 0.3) is 0 Å².